The summed E-state index contributed by atoms with van der Waals surface area (Å²) in [5, 5.41) is 2.74. The molecule has 1 aliphatic rings. The van der Waals surface area contributed by atoms with Gasteiger partial charge in [0.25, 0.3) is 5.91 Å². The van der Waals surface area contributed by atoms with Gasteiger partial charge in [0, 0.05) is 24.1 Å². The molecular formula is C27H25NO7. The van der Waals surface area contributed by atoms with Gasteiger partial charge in [-0.3, -0.25) is 4.79 Å². The van der Waals surface area contributed by atoms with Crippen molar-refractivity contribution in [2.24, 2.45) is 0 Å². The van der Waals surface area contributed by atoms with Gasteiger partial charge in [-0.05, 0) is 36.2 Å². The maximum Gasteiger partial charge on any atom is 0.340 e. The topological polar surface area (TPSA) is 100 Å². The minimum atomic E-state index is -0.643. The van der Waals surface area contributed by atoms with Crippen LogP contribution in [0.1, 0.15) is 53.9 Å². The van der Waals surface area contributed by atoms with Crippen LogP contribution >= 0.6 is 0 Å². The lowest BCUT2D eigenvalue weighted by Gasteiger charge is -2.25. The van der Waals surface area contributed by atoms with Crippen LogP contribution in [-0.4, -0.2) is 39.2 Å². The molecule has 35 heavy (non-hydrogen) atoms. The molecule has 1 aliphatic heterocycles. The van der Waals surface area contributed by atoms with Crippen LogP contribution in [0, 0.1) is 6.92 Å². The fourth-order valence-corrected chi connectivity index (χ4v) is 3.96. The summed E-state index contributed by atoms with van der Waals surface area (Å²) in [5.41, 5.74) is 3.76. The van der Waals surface area contributed by atoms with E-state index in [1.165, 1.54) is 33.5 Å². The molecule has 3 aromatic rings. The molecular weight excluding hydrogens is 450 g/mol. The number of methoxy groups -OCH3 is 3. The maximum absolute atomic E-state index is 13.1. The number of ether oxygens (including phenoxy) is 4. The monoisotopic (exact) mass is 475 g/mol. The van der Waals surface area contributed by atoms with Crippen LogP contribution in [0.3, 0.4) is 0 Å². The average Bonchev–Trinajstić information content (AvgIpc) is 2.87. The lowest BCUT2D eigenvalue weighted by Crippen LogP contribution is -2.23. The van der Waals surface area contributed by atoms with Crippen LogP contribution in [0.2, 0.25) is 0 Å². The summed E-state index contributed by atoms with van der Waals surface area (Å²) in [7, 11) is 4.14. The highest BCUT2D eigenvalue weighted by Gasteiger charge is 2.28. The van der Waals surface area contributed by atoms with Crippen LogP contribution in [-0.2, 0) is 15.9 Å². The Kier molecular flexibility index (Phi) is 6.73. The van der Waals surface area contributed by atoms with E-state index in [0.29, 0.717) is 34.6 Å². The van der Waals surface area contributed by atoms with E-state index in [4.69, 9.17) is 18.9 Å². The molecule has 180 valence electrons. The molecule has 4 rings (SSSR count). The maximum atomic E-state index is 13.1. The number of hydrogen-bond donors (Lipinski definition) is 1. The van der Waals surface area contributed by atoms with E-state index in [9.17, 15) is 14.4 Å². The van der Waals surface area contributed by atoms with E-state index >= 15 is 0 Å². The number of nitrogens with one attached hydrogen (secondary N) is 1. The Balaban J connectivity index is 1.63. The fourth-order valence-electron chi connectivity index (χ4n) is 3.96. The third-order valence-corrected chi connectivity index (χ3v) is 5.87. The zero-order chi connectivity index (χ0) is 25.1. The van der Waals surface area contributed by atoms with Gasteiger partial charge in [-0.2, -0.15) is 0 Å². The van der Waals surface area contributed by atoms with E-state index < -0.39 is 23.9 Å². The highest BCUT2D eigenvalue weighted by atomic mass is 16.5. The molecule has 1 N–H and O–H groups in total. The number of anilines is 1. The van der Waals surface area contributed by atoms with Gasteiger partial charge in [0.15, 0.2) is 11.5 Å². The van der Waals surface area contributed by atoms with Crippen LogP contribution in [0.4, 0.5) is 5.69 Å². The number of carbonyl (C=O) groups is 3. The Morgan fingerprint density at radius 1 is 0.943 bits per heavy atom. The molecule has 0 aromatic heterocycles. The summed E-state index contributed by atoms with van der Waals surface area (Å²) < 4.78 is 21.0. The predicted molar refractivity (Wildman–Crippen MR) is 128 cm³/mol. The predicted octanol–water partition coefficient (Wildman–Crippen LogP) is 4.51. The third kappa shape index (κ3) is 4.82. The molecule has 8 heteroatoms. The lowest BCUT2D eigenvalue weighted by molar-refractivity contribution is 0.0252. The van der Waals surface area contributed by atoms with E-state index in [1.807, 2.05) is 31.2 Å². The summed E-state index contributed by atoms with van der Waals surface area (Å²) in [5.74, 6) is -0.882. The number of carbonyl (C=O) groups excluding carboxylic acids is 3. The second-order valence-electron chi connectivity index (χ2n) is 8.08. The number of fused-ring (bicyclic) bond motifs is 1. The van der Waals surface area contributed by atoms with Crippen LogP contribution in [0.15, 0.2) is 54.6 Å². The Bertz CT molecular complexity index is 1300. The Hall–Kier alpha value is -4.33. The molecule has 0 aliphatic carbocycles. The number of aryl methyl sites for hydroxylation is 1. The first kappa shape index (κ1) is 23.8. The molecule has 1 amide bonds. The molecule has 0 saturated heterocycles. The second kappa shape index (κ2) is 9.89. The molecule has 1 unspecified atom stereocenters. The van der Waals surface area contributed by atoms with Gasteiger partial charge in [-0.1, -0.05) is 29.8 Å². The van der Waals surface area contributed by atoms with Crippen molar-refractivity contribution in [3.05, 3.63) is 88.0 Å². The smallest absolute Gasteiger partial charge is 0.340 e. The number of cyclic esters (lactones) is 1. The average molecular weight is 475 g/mol. The molecule has 8 nitrogen and oxygen atoms in total. The Morgan fingerprint density at radius 3 is 2.29 bits per heavy atom. The number of benzene rings is 3. The molecule has 0 spiro atoms. The minimum Gasteiger partial charge on any atom is -0.493 e. The molecule has 0 saturated carbocycles. The molecule has 1 heterocycles. The van der Waals surface area contributed by atoms with Crippen molar-refractivity contribution >= 4 is 23.5 Å². The van der Waals surface area contributed by atoms with Crippen LogP contribution in [0.25, 0.3) is 0 Å². The number of hydrogen-bond acceptors (Lipinski definition) is 7. The molecule has 1 atom stereocenters. The second-order valence-corrected chi connectivity index (χ2v) is 8.08. The van der Waals surface area contributed by atoms with Crippen molar-refractivity contribution in [3.8, 4) is 11.5 Å². The van der Waals surface area contributed by atoms with Gasteiger partial charge in [0.05, 0.1) is 38.1 Å². The summed E-state index contributed by atoms with van der Waals surface area (Å²) in [6.45, 7) is 1.99. The molecule has 3 aromatic carbocycles. The van der Waals surface area contributed by atoms with Crippen molar-refractivity contribution in [1.29, 1.82) is 0 Å². The normalized spacial score (nSPS) is 14.4. The summed E-state index contributed by atoms with van der Waals surface area (Å²) in [4.78, 5) is 38.0. The van der Waals surface area contributed by atoms with Gasteiger partial charge >= 0.3 is 11.9 Å². The van der Waals surface area contributed by atoms with Crippen LogP contribution < -0.4 is 14.8 Å². The lowest BCUT2D eigenvalue weighted by atomic mass is 9.92. The first-order valence-corrected chi connectivity index (χ1v) is 10.9. The first-order valence-electron chi connectivity index (χ1n) is 10.9. The zero-order valence-corrected chi connectivity index (χ0v) is 19.8. The highest BCUT2D eigenvalue weighted by molar-refractivity contribution is 6.09. The molecule has 0 fully saturated rings. The standard InChI is InChI=1S/C27H25NO7/c1-15-5-7-16(8-6-15)22-12-18-11-17(9-10-19(18)27(31)35-22)25(29)28-21-14-24(33-3)23(32-2)13-20(21)26(30)34-4/h5-11,13-14,22H,12H2,1-4H3,(H,28,29). The summed E-state index contributed by atoms with van der Waals surface area (Å²) in [6.07, 6.45) is 0.000329. The number of rotatable bonds is 6. The van der Waals surface area contributed by atoms with Crippen molar-refractivity contribution < 1.29 is 33.3 Å². The SMILES string of the molecule is COC(=O)c1cc(OC)c(OC)cc1NC(=O)c1ccc2c(c1)CC(c1ccc(C)cc1)OC2=O. The van der Waals surface area contributed by atoms with Gasteiger partial charge in [0.1, 0.15) is 6.10 Å². The summed E-state index contributed by atoms with van der Waals surface area (Å²) >= 11 is 0. The summed E-state index contributed by atoms with van der Waals surface area (Å²) in [6, 6.07) is 15.5. The quantitative estimate of drug-likeness (QED) is 0.524. The molecule has 0 radical (unpaired) electrons. The minimum absolute atomic E-state index is 0.111. The van der Waals surface area contributed by atoms with E-state index in [2.05, 4.69) is 5.32 Å². The van der Waals surface area contributed by atoms with E-state index in [0.717, 1.165) is 11.1 Å². The van der Waals surface area contributed by atoms with Gasteiger partial charge in [-0.25, -0.2) is 9.59 Å². The third-order valence-electron chi connectivity index (χ3n) is 5.87. The molecule has 0 bridgehead atoms. The Labute approximate surface area is 202 Å². The largest absolute Gasteiger partial charge is 0.493 e. The van der Waals surface area contributed by atoms with E-state index in [-0.39, 0.29) is 11.3 Å². The first-order chi connectivity index (χ1) is 16.8. The van der Waals surface area contributed by atoms with Crippen molar-refractivity contribution in [2.75, 3.05) is 26.6 Å². The van der Waals surface area contributed by atoms with Gasteiger partial charge in [-0.15, -0.1) is 0 Å². The number of esters is 2. The van der Waals surface area contributed by atoms with Crippen molar-refractivity contribution in [3.63, 3.8) is 0 Å². The van der Waals surface area contributed by atoms with Gasteiger partial charge in [0.2, 0.25) is 0 Å². The van der Waals surface area contributed by atoms with Crippen molar-refractivity contribution in [2.45, 2.75) is 19.4 Å². The van der Waals surface area contributed by atoms with Crippen LogP contribution in [0.5, 0.6) is 11.5 Å². The zero-order valence-electron chi connectivity index (χ0n) is 19.8. The fraction of sp³-hybridized carbons (Fsp3) is 0.222. The highest BCUT2D eigenvalue weighted by Crippen LogP contribution is 2.35. The van der Waals surface area contributed by atoms with E-state index in [1.54, 1.807) is 18.2 Å². The van der Waals surface area contributed by atoms with Gasteiger partial charge < -0.3 is 24.3 Å². The Morgan fingerprint density at radius 2 is 1.63 bits per heavy atom. The number of amides is 1. The van der Waals surface area contributed by atoms with Crippen molar-refractivity contribution in [1.82, 2.24) is 0 Å².